The number of methoxy groups -OCH3 is 1. The van der Waals surface area contributed by atoms with Crippen molar-refractivity contribution < 1.29 is 14.3 Å². The molecule has 1 unspecified atom stereocenters. The molecule has 2 N–H and O–H groups in total. The molecule has 1 atom stereocenters. The first kappa shape index (κ1) is 17.7. The second-order valence-electron chi connectivity index (χ2n) is 6.04. The molecule has 1 fully saturated rings. The van der Waals surface area contributed by atoms with Crippen molar-refractivity contribution in [2.45, 2.75) is 32.4 Å². The molecule has 26 heavy (non-hydrogen) atoms. The molecule has 2 aromatic rings. The lowest BCUT2D eigenvalue weighted by Crippen LogP contribution is -2.39. The van der Waals surface area contributed by atoms with Gasteiger partial charge in [0.25, 0.3) is 0 Å². The summed E-state index contributed by atoms with van der Waals surface area (Å²) in [5.74, 6) is 0.939. The molecule has 9 heteroatoms. The Morgan fingerprint density at radius 3 is 2.96 bits per heavy atom. The minimum Gasteiger partial charge on any atom is -0.495 e. The number of aryl methyl sites for hydroxylation is 1. The highest BCUT2D eigenvalue weighted by molar-refractivity contribution is 5.98. The molecule has 1 aromatic carbocycles. The predicted octanol–water partition coefficient (Wildman–Crippen LogP) is 1.62. The zero-order valence-electron chi connectivity index (χ0n) is 14.8. The summed E-state index contributed by atoms with van der Waals surface area (Å²) in [4.78, 5) is 26.1. The van der Waals surface area contributed by atoms with E-state index in [0.29, 0.717) is 23.8 Å². The normalized spacial score (nSPS) is 16.6. The second-order valence-corrected chi connectivity index (χ2v) is 6.04. The van der Waals surface area contributed by atoms with Crippen LogP contribution >= 0.6 is 0 Å². The van der Waals surface area contributed by atoms with Crippen LogP contribution in [0.25, 0.3) is 0 Å². The van der Waals surface area contributed by atoms with Crippen LogP contribution in [0.5, 0.6) is 5.75 Å². The Hall–Kier alpha value is -3.10. The number of anilines is 2. The molecule has 3 rings (SSSR count). The van der Waals surface area contributed by atoms with E-state index in [1.165, 1.54) is 0 Å². The Kier molecular flexibility index (Phi) is 5.35. The van der Waals surface area contributed by atoms with Crippen molar-refractivity contribution in [3.63, 3.8) is 0 Å². The maximum absolute atomic E-state index is 12.3. The van der Waals surface area contributed by atoms with Gasteiger partial charge in [-0.15, -0.1) is 5.10 Å². The first-order valence-electron chi connectivity index (χ1n) is 8.51. The molecule has 0 spiro atoms. The van der Waals surface area contributed by atoms with Crippen LogP contribution in [0.2, 0.25) is 0 Å². The van der Waals surface area contributed by atoms with Gasteiger partial charge in [-0.25, -0.2) is 4.79 Å². The van der Waals surface area contributed by atoms with Crippen LogP contribution in [0.4, 0.5) is 16.3 Å². The molecule has 0 saturated carbocycles. The lowest BCUT2D eigenvalue weighted by atomic mass is 10.2. The van der Waals surface area contributed by atoms with Gasteiger partial charge in [0.05, 0.1) is 25.0 Å². The Labute approximate surface area is 151 Å². The lowest BCUT2D eigenvalue weighted by molar-refractivity contribution is -0.117. The fraction of sp³-hybridized carbons (Fsp3) is 0.412. The Balaban J connectivity index is 1.59. The number of aromatic nitrogens is 3. The molecular formula is C17H22N6O3. The SMILES string of the molecule is CCCn1cc(NC(=O)NC2CC(=O)N(c3ccccc3OC)C2)nn1. The minimum atomic E-state index is -0.409. The topological polar surface area (TPSA) is 101 Å². The standard InChI is InChI=1S/C17H22N6O3/c1-3-8-22-11-15(20-21-22)19-17(25)18-12-9-16(24)23(10-12)13-6-4-5-7-14(13)26-2/h4-7,11-12H,3,8-10H2,1-2H3,(H2,18,19,25). The van der Waals surface area contributed by atoms with Crippen molar-refractivity contribution in [1.82, 2.24) is 20.3 Å². The third-order valence-electron chi connectivity index (χ3n) is 4.07. The summed E-state index contributed by atoms with van der Waals surface area (Å²) in [7, 11) is 1.56. The number of benzene rings is 1. The second kappa shape index (κ2) is 7.85. The van der Waals surface area contributed by atoms with E-state index in [-0.39, 0.29) is 18.4 Å². The van der Waals surface area contributed by atoms with E-state index in [2.05, 4.69) is 20.9 Å². The number of ether oxygens (including phenoxy) is 1. The monoisotopic (exact) mass is 358 g/mol. The highest BCUT2D eigenvalue weighted by atomic mass is 16.5. The highest BCUT2D eigenvalue weighted by Crippen LogP contribution is 2.30. The largest absolute Gasteiger partial charge is 0.495 e. The van der Waals surface area contributed by atoms with Gasteiger partial charge in [0.15, 0.2) is 5.82 Å². The molecule has 1 aliphatic heterocycles. The zero-order valence-corrected chi connectivity index (χ0v) is 14.8. The van der Waals surface area contributed by atoms with Crippen molar-refractivity contribution in [2.24, 2.45) is 0 Å². The number of hydrogen-bond acceptors (Lipinski definition) is 5. The van der Waals surface area contributed by atoms with E-state index in [0.717, 1.165) is 13.0 Å². The molecule has 0 bridgehead atoms. The number of urea groups is 1. The quantitative estimate of drug-likeness (QED) is 0.817. The summed E-state index contributed by atoms with van der Waals surface area (Å²) in [6.45, 7) is 3.16. The molecule has 1 aromatic heterocycles. The number of carbonyl (C=O) groups is 2. The molecule has 9 nitrogen and oxygen atoms in total. The third kappa shape index (κ3) is 3.93. The molecule has 0 aliphatic carbocycles. The molecular weight excluding hydrogens is 336 g/mol. The molecule has 2 heterocycles. The number of nitrogens with one attached hydrogen (secondary N) is 2. The van der Waals surface area contributed by atoms with Crippen LogP contribution < -0.4 is 20.3 Å². The first-order chi connectivity index (χ1) is 12.6. The van der Waals surface area contributed by atoms with Crippen molar-refractivity contribution in [2.75, 3.05) is 23.9 Å². The van der Waals surface area contributed by atoms with Gasteiger partial charge < -0.3 is 15.0 Å². The minimum absolute atomic E-state index is 0.0614. The van der Waals surface area contributed by atoms with Gasteiger partial charge in [-0.2, -0.15) is 0 Å². The van der Waals surface area contributed by atoms with E-state index in [4.69, 9.17) is 4.74 Å². The van der Waals surface area contributed by atoms with E-state index < -0.39 is 6.03 Å². The van der Waals surface area contributed by atoms with Crippen molar-refractivity contribution >= 4 is 23.4 Å². The highest BCUT2D eigenvalue weighted by Gasteiger charge is 2.33. The van der Waals surface area contributed by atoms with E-state index in [1.807, 2.05) is 25.1 Å². The number of para-hydroxylation sites is 2. The molecule has 1 aliphatic rings. The average Bonchev–Trinajstić information content (AvgIpc) is 3.21. The van der Waals surface area contributed by atoms with Gasteiger partial charge in [-0.1, -0.05) is 24.3 Å². The third-order valence-corrected chi connectivity index (χ3v) is 4.07. The van der Waals surface area contributed by atoms with Crippen molar-refractivity contribution in [3.05, 3.63) is 30.5 Å². The maximum atomic E-state index is 12.3. The fourth-order valence-electron chi connectivity index (χ4n) is 2.92. The van der Waals surface area contributed by atoms with Crippen LogP contribution in [0, 0.1) is 0 Å². The van der Waals surface area contributed by atoms with E-state index in [9.17, 15) is 9.59 Å². The van der Waals surface area contributed by atoms with Gasteiger partial charge >= 0.3 is 6.03 Å². The van der Waals surface area contributed by atoms with E-state index in [1.54, 1.807) is 29.0 Å². The van der Waals surface area contributed by atoms with Gasteiger partial charge in [-0.3, -0.25) is 14.8 Å². The Morgan fingerprint density at radius 1 is 1.38 bits per heavy atom. The molecule has 0 radical (unpaired) electrons. The summed E-state index contributed by atoms with van der Waals surface area (Å²) in [6, 6.07) is 6.61. The van der Waals surface area contributed by atoms with Crippen molar-refractivity contribution in [1.29, 1.82) is 0 Å². The summed E-state index contributed by atoms with van der Waals surface area (Å²) in [5.41, 5.74) is 0.701. The number of carbonyl (C=O) groups excluding carboxylic acids is 2. The van der Waals surface area contributed by atoms with Crippen molar-refractivity contribution in [3.8, 4) is 5.75 Å². The van der Waals surface area contributed by atoms with Crippen LogP contribution in [0.3, 0.4) is 0 Å². The van der Waals surface area contributed by atoms with Crippen LogP contribution in [0.15, 0.2) is 30.5 Å². The summed E-state index contributed by atoms with van der Waals surface area (Å²) in [6.07, 6.45) is 2.83. The molecule has 138 valence electrons. The Morgan fingerprint density at radius 2 is 2.19 bits per heavy atom. The van der Waals surface area contributed by atoms with Gasteiger partial charge in [0.2, 0.25) is 5.91 Å². The zero-order chi connectivity index (χ0) is 18.5. The fourth-order valence-corrected chi connectivity index (χ4v) is 2.92. The maximum Gasteiger partial charge on any atom is 0.320 e. The summed E-state index contributed by atoms with van der Waals surface area (Å²) in [5, 5.41) is 13.3. The molecule has 3 amide bonds. The average molecular weight is 358 g/mol. The van der Waals surface area contributed by atoms with Crippen LogP contribution in [0.1, 0.15) is 19.8 Å². The smallest absolute Gasteiger partial charge is 0.320 e. The number of hydrogen-bond donors (Lipinski definition) is 2. The number of amides is 3. The summed E-state index contributed by atoms with van der Waals surface area (Å²) >= 11 is 0. The molecule has 1 saturated heterocycles. The predicted molar refractivity (Wildman–Crippen MR) is 96.2 cm³/mol. The lowest BCUT2D eigenvalue weighted by Gasteiger charge is -2.19. The first-order valence-corrected chi connectivity index (χ1v) is 8.51. The number of rotatable bonds is 6. The van der Waals surface area contributed by atoms with E-state index >= 15 is 0 Å². The van der Waals surface area contributed by atoms with Gasteiger partial charge in [0.1, 0.15) is 5.75 Å². The van der Waals surface area contributed by atoms with Crippen LogP contribution in [-0.2, 0) is 11.3 Å². The summed E-state index contributed by atoms with van der Waals surface area (Å²) < 4.78 is 6.98. The van der Waals surface area contributed by atoms with Crippen LogP contribution in [-0.4, -0.2) is 46.6 Å². The Bertz CT molecular complexity index is 790. The van der Waals surface area contributed by atoms with Gasteiger partial charge in [-0.05, 0) is 18.6 Å². The van der Waals surface area contributed by atoms with Gasteiger partial charge in [0, 0.05) is 19.5 Å². The number of nitrogens with zero attached hydrogens (tertiary/aromatic N) is 4.